The summed E-state index contributed by atoms with van der Waals surface area (Å²) >= 11 is 0. The molecule has 1 aliphatic heterocycles. The molecule has 0 aromatic carbocycles. The standard InChI is InChI=1S/C10H20N2O3/c1-3-11-9(10(13)14)7-12-4-5-15-8(2)6-12/h8-9,11H,3-7H2,1-2H3,(H,13,14). The molecule has 0 radical (unpaired) electrons. The van der Waals surface area contributed by atoms with Gasteiger partial charge in [0.1, 0.15) is 6.04 Å². The Hall–Kier alpha value is -0.650. The number of nitrogens with one attached hydrogen (secondary N) is 1. The van der Waals surface area contributed by atoms with E-state index in [2.05, 4.69) is 10.2 Å². The highest BCUT2D eigenvalue weighted by Gasteiger charge is 2.23. The summed E-state index contributed by atoms with van der Waals surface area (Å²) < 4.78 is 5.40. The topological polar surface area (TPSA) is 61.8 Å². The molecule has 1 saturated heterocycles. The highest BCUT2D eigenvalue weighted by atomic mass is 16.5. The molecule has 15 heavy (non-hydrogen) atoms. The summed E-state index contributed by atoms with van der Waals surface area (Å²) in [6, 6.07) is -0.472. The second-order valence-electron chi connectivity index (χ2n) is 3.89. The number of carbonyl (C=O) groups is 1. The zero-order chi connectivity index (χ0) is 11.3. The van der Waals surface area contributed by atoms with Crippen LogP contribution in [0.25, 0.3) is 0 Å². The van der Waals surface area contributed by atoms with Gasteiger partial charge in [-0.3, -0.25) is 9.69 Å². The van der Waals surface area contributed by atoms with Crippen molar-refractivity contribution >= 4 is 5.97 Å². The van der Waals surface area contributed by atoms with Crippen molar-refractivity contribution < 1.29 is 14.6 Å². The van der Waals surface area contributed by atoms with Crippen molar-refractivity contribution in [1.82, 2.24) is 10.2 Å². The van der Waals surface area contributed by atoms with Crippen LogP contribution in [0.3, 0.4) is 0 Å². The molecule has 2 N–H and O–H groups in total. The van der Waals surface area contributed by atoms with Gasteiger partial charge in [0.15, 0.2) is 0 Å². The van der Waals surface area contributed by atoms with Gasteiger partial charge in [-0.05, 0) is 13.5 Å². The first-order chi connectivity index (χ1) is 7.13. The van der Waals surface area contributed by atoms with E-state index in [4.69, 9.17) is 9.84 Å². The summed E-state index contributed by atoms with van der Waals surface area (Å²) in [4.78, 5) is 13.1. The molecule has 0 spiro atoms. The number of rotatable bonds is 5. The van der Waals surface area contributed by atoms with Gasteiger partial charge in [0.25, 0.3) is 0 Å². The number of ether oxygens (including phenoxy) is 1. The van der Waals surface area contributed by atoms with E-state index >= 15 is 0 Å². The van der Waals surface area contributed by atoms with Crippen LogP contribution >= 0.6 is 0 Å². The molecule has 0 bridgehead atoms. The normalized spacial score (nSPS) is 25.1. The fourth-order valence-electron chi connectivity index (χ4n) is 1.79. The minimum Gasteiger partial charge on any atom is -0.480 e. The van der Waals surface area contributed by atoms with Crippen molar-refractivity contribution in [3.63, 3.8) is 0 Å². The predicted octanol–water partition coefficient (Wildman–Crippen LogP) is -0.230. The molecule has 88 valence electrons. The Labute approximate surface area is 90.4 Å². The average molecular weight is 216 g/mol. The Morgan fingerprint density at radius 2 is 2.47 bits per heavy atom. The van der Waals surface area contributed by atoms with E-state index in [1.165, 1.54) is 0 Å². The first-order valence-corrected chi connectivity index (χ1v) is 5.43. The summed E-state index contributed by atoms with van der Waals surface area (Å²) in [6.45, 7) is 7.48. The van der Waals surface area contributed by atoms with Gasteiger partial charge < -0.3 is 15.2 Å². The third-order valence-corrected chi connectivity index (χ3v) is 2.51. The zero-order valence-electron chi connectivity index (χ0n) is 9.40. The largest absolute Gasteiger partial charge is 0.480 e. The molecule has 1 heterocycles. The minimum atomic E-state index is -0.781. The lowest BCUT2D eigenvalue weighted by atomic mass is 10.2. The molecule has 0 amide bonds. The van der Waals surface area contributed by atoms with E-state index in [0.717, 1.165) is 13.1 Å². The Bertz CT molecular complexity index is 211. The molecule has 5 heteroatoms. The number of likely N-dealkylation sites (N-methyl/N-ethyl adjacent to an activating group) is 1. The number of aliphatic carboxylic acids is 1. The van der Waals surface area contributed by atoms with E-state index in [-0.39, 0.29) is 6.10 Å². The lowest BCUT2D eigenvalue weighted by molar-refractivity contribution is -0.140. The van der Waals surface area contributed by atoms with Crippen LogP contribution in [0.5, 0.6) is 0 Å². The van der Waals surface area contributed by atoms with Gasteiger partial charge in [-0.25, -0.2) is 0 Å². The maximum Gasteiger partial charge on any atom is 0.322 e. The quantitative estimate of drug-likeness (QED) is 0.664. The van der Waals surface area contributed by atoms with E-state index < -0.39 is 12.0 Å². The second kappa shape index (κ2) is 6.05. The number of morpholine rings is 1. The summed E-state index contributed by atoms with van der Waals surface area (Å²) in [5, 5.41) is 11.9. The van der Waals surface area contributed by atoms with Gasteiger partial charge in [-0.2, -0.15) is 0 Å². The van der Waals surface area contributed by atoms with Crippen molar-refractivity contribution in [2.75, 3.05) is 32.8 Å². The van der Waals surface area contributed by atoms with Crippen molar-refractivity contribution in [2.24, 2.45) is 0 Å². The van der Waals surface area contributed by atoms with Crippen LogP contribution in [0.1, 0.15) is 13.8 Å². The number of carboxylic acid groups (broad SMARTS) is 1. The van der Waals surface area contributed by atoms with Gasteiger partial charge in [-0.1, -0.05) is 6.92 Å². The highest BCUT2D eigenvalue weighted by Crippen LogP contribution is 2.05. The molecule has 5 nitrogen and oxygen atoms in total. The fourth-order valence-corrected chi connectivity index (χ4v) is 1.79. The van der Waals surface area contributed by atoms with Crippen LogP contribution in [0.4, 0.5) is 0 Å². The van der Waals surface area contributed by atoms with Crippen LogP contribution in [0.15, 0.2) is 0 Å². The third kappa shape index (κ3) is 4.15. The summed E-state index contributed by atoms with van der Waals surface area (Å²) in [5.41, 5.74) is 0. The second-order valence-corrected chi connectivity index (χ2v) is 3.89. The van der Waals surface area contributed by atoms with Gasteiger partial charge in [0, 0.05) is 19.6 Å². The van der Waals surface area contributed by atoms with Gasteiger partial charge >= 0.3 is 5.97 Å². The molecule has 1 rings (SSSR count). The van der Waals surface area contributed by atoms with Crippen LogP contribution in [-0.2, 0) is 9.53 Å². The van der Waals surface area contributed by atoms with Crippen molar-refractivity contribution in [1.29, 1.82) is 0 Å². The Kier molecular flexibility index (Phi) is 5.01. The van der Waals surface area contributed by atoms with E-state index in [1.54, 1.807) is 0 Å². The summed E-state index contributed by atoms with van der Waals surface area (Å²) in [6.07, 6.45) is 0.204. The maximum atomic E-state index is 10.9. The van der Waals surface area contributed by atoms with E-state index in [9.17, 15) is 4.79 Å². The van der Waals surface area contributed by atoms with Crippen LogP contribution < -0.4 is 5.32 Å². The van der Waals surface area contributed by atoms with Crippen molar-refractivity contribution in [2.45, 2.75) is 26.0 Å². The Morgan fingerprint density at radius 3 is 3.00 bits per heavy atom. The number of hydrogen-bond donors (Lipinski definition) is 2. The predicted molar refractivity (Wildman–Crippen MR) is 57.0 cm³/mol. The van der Waals surface area contributed by atoms with Gasteiger partial charge in [0.05, 0.1) is 12.7 Å². The van der Waals surface area contributed by atoms with Gasteiger partial charge in [-0.15, -0.1) is 0 Å². The molecule has 0 aromatic rings. The summed E-state index contributed by atoms with van der Waals surface area (Å²) in [5.74, 6) is -0.781. The lowest BCUT2D eigenvalue weighted by Gasteiger charge is -2.32. The SMILES string of the molecule is CCNC(CN1CCOC(C)C1)C(=O)O. The fraction of sp³-hybridized carbons (Fsp3) is 0.900. The van der Waals surface area contributed by atoms with Crippen molar-refractivity contribution in [3.05, 3.63) is 0 Å². The average Bonchev–Trinajstić information content (AvgIpc) is 2.17. The zero-order valence-corrected chi connectivity index (χ0v) is 9.40. The number of nitrogens with zero attached hydrogens (tertiary/aromatic N) is 1. The first kappa shape index (κ1) is 12.4. The first-order valence-electron chi connectivity index (χ1n) is 5.43. The maximum absolute atomic E-state index is 10.9. The van der Waals surface area contributed by atoms with Crippen molar-refractivity contribution in [3.8, 4) is 0 Å². The third-order valence-electron chi connectivity index (χ3n) is 2.51. The summed E-state index contributed by atoms with van der Waals surface area (Å²) in [7, 11) is 0. The molecule has 0 aromatic heterocycles. The molecule has 0 aliphatic carbocycles. The lowest BCUT2D eigenvalue weighted by Crippen LogP contribution is -2.50. The van der Waals surface area contributed by atoms with Crippen LogP contribution in [-0.4, -0.2) is 60.9 Å². The number of carboxylic acids is 1. The molecule has 1 fully saturated rings. The van der Waals surface area contributed by atoms with E-state index in [1.807, 2.05) is 13.8 Å². The minimum absolute atomic E-state index is 0.204. The molecule has 2 unspecified atom stereocenters. The monoisotopic (exact) mass is 216 g/mol. The van der Waals surface area contributed by atoms with Crippen LogP contribution in [0, 0.1) is 0 Å². The Morgan fingerprint density at radius 1 is 1.73 bits per heavy atom. The van der Waals surface area contributed by atoms with E-state index in [0.29, 0.717) is 19.7 Å². The van der Waals surface area contributed by atoms with Gasteiger partial charge in [0.2, 0.25) is 0 Å². The molecular formula is C10H20N2O3. The molecular weight excluding hydrogens is 196 g/mol. The highest BCUT2D eigenvalue weighted by molar-refractivity contribution is 5.73. The smallest absolute Gasteiger partial charge is 0.322 e. The molecule has 0 saturated carbocycles. The molecule has 2 atom stereocenters. The number of hydrogen-bond acceptors (Lipinski definition) is 4. The Balaban J connectivity index is 2.39. The molecule has 1 aliphatic rings. The van der Waals surface area contributed by atoms with Crippen LogP contribution in [0.2, 0.25) is 0 Å².